The Morgan fingerprint density at radius 1 is 0.600 bits per heavy atom. The lowest BCUT2D eigenvalue weighted by atomic mass is 9.83. The number of hydrogen-bond donors (Lipinski definition) is 0. The number of para-hydroxylation sites is 4. The van der Waals surface area contributed by atoms with Crippen molar-refractivity contribution in [3.8, 4) is 44.9 Å². The number of aromatic nitrogens is 3. The van der Waals surface area contributed by atoms with Crippen molar-refractivity contribution in [3.05, 3.63) is 133 Å². The number of rotatable bonds is 6. The van der Waals surface area contributed by atoms with Crippen molar-refractivity contribution in [1.29, 1.82) is 0 Å². The molecule has 3 aromatic heterocycles. The lowest BCUT2D eigenvalue weighted by molar-refractivity contribution is 0.413. The third kappa shape index (κ3) is 5.31. The Morgan fingerprint density at radius 2 is 1.22 bits per heavy atom. The summed E-state index contributed by atoms with van der Waals surface area (Å²) in [6, 6.07) is 40.9. The molecule has 0 atom stereocenters. The summed E-state index contributed by atoms with van der Waals surface area (Å²) < 4.78 is 9.17. The summed E-state index contributed by atoms with van der Waals surface area (Å²) in [5, 5.41) is 2.21. The first kappa shape index (κ1) is 31.8. The first-order valence-corrected chi connectivity index (χ1v) is 17.7. The molecule has 0 radical (unpaired) electrons. The highest BCUT2D eigenvalue weighted by molar-refractivity contribution is 6.12. The van der Waals surface area contributed by atoms with Crippen LogP contribution in [0.25, 0.3) is 77.9 Å². The van der Waals surface area contributed by atoms with Crippen LogP contribution in [0.2, 0.25) is 0 Å². The maximum absolute atomic E-state index is 6.77. The number of fused-ring (bicyclic) bond motifs is 4. The molecule has 0 saturated heterocycles. The summed E-state index contributed by atoms with van der Waals surface area (Å²) in [7, 11) is 0. The van der Waals surface area contributed by atoms with E-state index < -0.39 is 0 Å². The number of hydrogen-bond acceptors (Lipinski definition) is 3. The smallest absolute Gasteiger partial charge is 0.144 e. The molecule has 4 heteroatoms. The van der Waals surface area contributed by atoms with Crippen LogP contribution >= 0.6 is 0 Å². The van der Waals surface area contributed by atoms with Crippen LogP contribution in [0.3, 0.4) is 0 Å². The fraction of sp³-hybridized carbons (Fsp3) is 0.217. The molecule has 0 amide bonds. The molecule has 50 heavy (non-hydrogen) atoms. The summed E-state index contributed by atoms with van der Waals surface area (Å²) in [5.41, 5.74) is 14.2. The monoisotopic (exact) mass is 653 g/mol. The maximum Gasteiger partial charge on any atom is 0.144 e. The first-order valence-electron chi connectivity index (χ1n) is 17.7. The van der Waals surface area contributed by atoms with Gasteiger partial charge in [-0.25, -0.2) is 4.98 Å². The molecule has 0 fully saturated rings. The summed E-state index contributed by atoms with van der Waals surface area (Å²) >= 11 is 0. The molecule has 4 nitrogen and oxygen atoms in total. The zero-order valence-corrected chi connectivity index (χ0v) is 30.0. The van der Waals surface area contributed by atoms with Gasteiger partial charge >= 0.3 is 0 Å². The van der Waals surface area contributed by atoms with E-state index >= 15 is 0 Å². The van der Waals surface area contributed by atoms with Crippen LogP contribution in [0, 0.1) is 0 Å². The Morgan fingerprint density at radius 3 is 1.88 bits per heavy atom. The molecule has 0 unspecified atom stereocenters. The molecule has 0 spiro atoms. The van der Waals surface area contributed by atoms with Crippen LogP contribution < -0.4 is 0 Å². The van der Waals surface area contributed by atoms with E-state index in [1.54, 1.807) is 0 Å². The van der Waals surface area contributed by atoms with Crippen molar-refractivity contribution in [2.24, 2.45) is 0 Å². The predicted octanol–water partition coefficient (Wildman–Crippen LogP) is 13.0. The van der Waals surface area contributed by atoms with Gasteiger partial charge in [-0.05, 0) is 103 Å². The summed E-state index contributed by atoms with van der Waals surface area (Å²) in [6.45, 7) is 15.9. The molecule has 248 valence electrons. The highest BCUT2D eigenvalue weighted by Crippen LogP contribution is 2.43. The van der Waals surface area contributed by atoms with E-state index in [0.717, 1.165) is 72.3 Å². The van der Waals surface area contributed by atoms with Gasteiger partial charge in [0.2, 0.25) is 0 Å². The Kier molecular flexibility index (Phi) is 7.71. The average molecular weight is 654 g/mol. The number of imidazole rings is 1. The molecule has 0 aliphatic carbocycles. The second-order valence-corrected chi connectivity index (χ2v) is 15.0. The van der Waals surface area contributed by atoms with E-state index in [9.17, 15) is 0 Å². The second kappa shape index (κ2) is 12.1. The second-order valence-electron chi connectivity index (χ2n) is 15.0. The van der Waals surface area contributed by atoms with Crippen molar-refractivity contribution >= 4 is 33.0 Å². The topological polar surface area (TPSA) is 43.9 Å². The van der Waals surface area contributed by atoms with Crippen LogP contribution in [0.15, 0.2) is 126 Å². The molecule has 3 heterocycles. The number of pyridine rings is 1. The van der Waals surface area contributed by atoms with Crippen LogP contribution in [0.1, 0.15) is 71.4 Å². The number of benzene rings is 5. The van der Waals surface area contributed by atoms with Gasteiger partial charge in [0.15, 0.2) is 0 Å². The van der Waals surface area contributed by atoms with Crippen LogP contribution in [-0.4, -0.2) is 14.5 Å². The minimum atomic E-state index is -0.139. The average Bonchev–Trinajstić information content (AvgIpc) is 3.71. The Labute approximate surface area is 294 Å². The van der Waals surface area contributed by atoms with Gasteiger partial charge in [-0.3, -0.25) is 4.98 Å². The Hall–Kier alpha value is -5.48. The van der Waals surface area contributed by atoms with Gasteiger partial charge in [0.1, 0.15) is 17.0 Å². The van der Waals surface area contributed by atoms with Crippen LogP contribution in [-0.2, 0) is 5.54 Å². The van der Waals surface area contributed by atoms with Gasteiger partial charge in [0, 0.05) is 39.2 Å². The Balaban J connectivity index is 1.31. The summed E-state index contributed by atoms with van der Waals surface area (Å²) in [5.74, 6) is 1.60. The van der Waals surface area contributed by atoms with E-state index in [4.69, 9.17) is 14.4 Å². The van der Waals surface area contributed by atoms with E-state index in [1.807, 2.05) is 12.3 Å². The fourth-order valence-electron chi connectivity index (χ4n) is 7.56. The van der Waals surface area contributed by atoms with Crippen molar-refractivity contribution in [2.45, 2.75) is 65.8 Å². The SMILES string of the molecule is CC(C)c1cc(-c2nc3ccccc3n2C(C)(C)C)cc(C(C)C)c1-c1ccnc(-c2cccc3c2oc2c(-c4ccccc4)cccc23)c1. The quantitative estimate of drug-likeness (QED) is 0.179. The molecule has 8 rings (SSSR count). The minimum absolute atomic E-state index is 0.139. The number of furan rings is 1. The molecule has 0 saturated carbocycles. The molecule has 0 bridgehead atoms. The lowest BCUT2D eigenvalue weighted by Gasteiger charge is -2.26. The largest absolute Gasteiger partial charge is 0.455 e. The summed E-state index contributed by atoms with van der Waals surface area (Å²) in [4.78, 5) is 10.2. The van der Waals surface area contributed by atoms with E-state index in [-0.39, 0.29) is 5.54 Å². The van der Waals surface area contributed by atoms with Crippen molar-refractivity contribution < 1.29 is 4.42 Å². The molecule has 0 aliphatic rings. The molecule has 0 aliphatic heterocycles. The van der Waals surface area contributed by atoms with Gasteiger partial charge in [-0.15, -0.1) is 0 Å². The first-order chi connectivity index (χ1) is 24.1. The molecular weight excluding hydrogens is 611 g/mol. The lowest BCUT2D eigenvalue weighted by Crippen LogP contribution is -2.22. The van der Waals surface area contributed by atoms with Crippen molar-refractivity contribution in [2.75, 3.05) is 0 Å². The van der Waals surface area contributed by atoms with Crippen LogP contribution in [0.4, 0.5) is 0 Å². The molecular formula is C46H43N3O. The van der Waals surface area contributed by atoms with Crippen molar-refractivity contribution in [3.63, 3.8) is 0 Å². The molecule has 5 aromatic carbocycles. The summed E-state index contributed by atoms with van der Waals surface area (Å²) in [6.07, 6.45) is 1.95. The van der Waals surface area contributed by atoms with E-state index in [2.05, 4.69) is 162 Å². The van der Waals surface area contributed by atoms with Crippen LogP contribution in [0.5, 0.6) is 0 Å². The zero-order valence-electron chi connectivity index (χ0n) is 30.0. The third-order valence-corrected chi connectivity index (χ3v) is 9.87. The minimum Gasteiger partial charge on any atom is -0.455 e. The highest BCUT2D eigenvalue weighted by atomic mass is 16.3. The normalized spacial score (nSPS) is 12.3. The molecule has 8 aromatic rings. The van der Waals surface area contributed by atoms with Crippen molar-refractivity contribution in [1.82, 2.24) is 14.5 Å². The van der Waals surface area contributed by atoms with Gasteiger partial charge in [0.05, 0.1) is 16.7 Å². The predicted molar refractivity (Wildman–Crippen MR) is 210 cm³/mol. The maximum atomic E-state index is 6.77. The van der Waals surface area contributed by atoms with E-state index in [0.29, 0.717) is 11.8 Å². The highest BCUT2D eigenvalue weighted by Gasteiger charge is 2.26. The fourth-order valence-corrected chi connectivity index (χ4v) is 7.56. The van der Waals surface area contributed by atoms with E-state index in [1.165, 1.54) is 16.7 Å². The van der Waals surface area contributed by atoms with Gasteiger partial charge in [-0.1, -0.05) is 100 Å². The molecule has 0 N–H and O–H groups in total. The van der Waals surface area contributed by atoms with Gasteiger partial charge < -0.3 is 8.98 Å². The number of nitrogens with zero attached hydrogens (tertiary/aromatic N) is 3. The third-order valence-electron chi connectivity index (χ3n) is 9.87. The van der Waals surface area contributed by atoms with Gasteiger partial charge in [-0.2, -0.15) is 0 Å². The zero-order chi connectivity index (χ0) is 34.7. The standard InChI is InChI=1S/C46H43N3O/c1-28(2)37-25-32(45-48-39-21-11-12-22-41(39)49(45)46(5,6)7)26-38(29(3)4)42(37)31-23-24-47-40(27-31)36-20-14-19-35-34-18-13-17-33(43(34)50-44(35)36)30-15-9-8-10-16-30/h8-29H,1-7H3. The Bertz CT molecular complexity index is 2500. The van der Waals surface area contributed by atoms with Gasteiger partial charge in [0.25, 0.3) is 0 Å².